The molecule has 0 aromatic heterocycles. The molecule has 83 heavy (non-hydrogen) atoms. The number of hydrogen-bond acceptors (Lipinski definition) is 6. The smallest absolute Gasteiger partial charge is 0.306 e. The minimum atomic E-state index is -0.804. The SMILES string of the molecule is CC/C=C\C/C=C\C/C=C\C/C=C\C/C=C\C/C=C\CCCCC(=O)OC(COC(=O)CCCCCCC/C=C\CCCCCCCCC)COC(=O)CCCCCCCCCCCCCCCCCCCCCCCCCCCCCC. The molecule has 0 aliphatic carbocycles. The van der Waals surface area contributed by atoms with Crippen LogP contribution < -0.4 is 0 Å². The summed E-state index contributed by atoms with van der Waals surface area (Å²) >= 11 is 0. The van der Waals surface area contributed by atoms with Crippen LogP contribution in [0.1, 0.15) is 367 Å². The number of hydrogen-bond donors (Lipinski definition) is 0. The quantitative estimate of drug-likeness (QED) is 0.0261. The van der Waals surface area contributed by atoms with Crippen molar-refractivity contribution < 1.29 is 28.6 Å². The van der Waals surface area contributed by atoms with Crippen LogP contribution in [0.2, 0.25) is 0 Å². The molecule has 0 aromatic carbocycles. The average molecular weight is 1160 g/mol. The number of ether oxygens (including phenoxy) is 3. The van der Waals surface area contributed by atoms with Crippen LogP contribution in [0.25, 0.3) is 0 Å². The van der Waals surface area contributed by atoms with Crippen molar-refractivity contribution in [3.05, 3.63) is 85.1 Å². The molecule has 6 nitrogen and oxygen atoms in total. The Hall–Kier alpha value is -3.41. The first-order valence-corrected chi connectivity index (χ1v) is 36.1. The molecule has 480 valence electrons. The molecule has 0 rings (SSSR count). The first-order valence-electron chi connectivity index (χ1n) is 36.1. The fraction of sp³-hybridized carbons (Fsp3) is 0.779. The number of carbonyl (C=O) groups is 3. The van der Waals surface area contributed by atoms with Crippen molar-refractivity contribution in [2.24, 2.45) is 0 Å². The molecule has 0 aliphatic rings. The lowest BCUT2D eigenvalue weighted by Gasteiger charge is -2.18. The Morgan fingerprint density at radius 1 is 0.253 bits per heavy atom. The zero-order chi connectivity index (χ0) is 59.9. The van der Waals surface area contributed by atoms with Crippen LogP contribution >= 0.6 is 0 Å². The van der Waals surface area contributed by atoms with E-state index in [2.05, 4.69) is 106 Å². The molecule has 1 atom stereocenters. The Labute approximate surface area is 515 Å². The highest BCUT2D eigenvalue weighted by Gasteiger charge is 2.19. The van der Waals surface area contributed by atoms with E-state index in [4.69, 9.17) is 14.2 Å². The molecule has 0 spiro atoms. The van der Waals surface area contributed by atoms with Crippen LogP contribution in [-0.4, -0.2) is 37.2 Å². The predicted octanol–water partition coefficient (Wildman–Crippen LogP) is 25.0. The van der Waals surface area contributed by atoms with Crippen LogP contribution in [0.15, 0.2) is 85.1 Å². The van der Waals surface area contributed by atoms with E-state index in [1.807, 2.05) is 0 Å². The maximum absolute atomic E-state index is 12.9. The Kier molecular flexibility index (Phi) is 68.2. The summed E-state index contributed by atoms with van der Waals surface area (Å²) in [5.41, 5.74) is 0. The normalized spacial score (nSPS) is 12.6. The van der Waals surface area contributed by atoms with Gasteiger partial charge in [-0.2, -0.15) is 0 Å². The molecule has 0 aliphatic heterocycles. The summed E-state index contributed by atoms with van der Waals surface area (Å²) in [6.07, 6.45) is 94.8. The number of carbonyl (C=O) groups excluding carboxylic acids is 3. The van der Waals surface area contributed by atoms with E-state index in [-0.39, 0.29) is 37.5 Å². The molecule has 0 fully saturated rings. The van der Waals surface area contributed by atoms with Crippen LogP contribution in [0.3, 0.4) is 0 Å². The van der Waals surface area contributed by atoms with E-state index in [1.165, 1.54) is 225 Å². The number of unbranched alkanes of at least 4 members (excludes halogenated alkanes) is 41. The molecule has 6 heteroatoms. The van der Waals surface area contributed by atoms with Gasteiger partial charge >= 0.3 is 17.9 Å². The third kappa shape index (κ3) is 69.3. The number of esters is 3. The number of rotatable bonds is 66. The zero-order valence-electron chi connectivity index (χ0n) is 55.2. The Morgan fingerprint density at radius 2 is 0.470 bits per heavy atom. The highest BCUT2D eigenvalue weighted by Crippen LogP contribution is 2.18. The van der Waals surface area contributed by atoms with Crippen molar-refractivity contribution in [2.45, 2.75) is 374 Å². The lowest BCUT2D eigenvalue weighted by molar-refractivity contribution is -0.167. The van der Waals surface area contributed by atoms with Gasteiger partial charge in [0.2, 0.25) is 0 Å². The number of allylic oxidation sites excluding steroid dienone is 14. The molecule has 0 N–H and O–H groups in total. The van der Waals surface area contributed by atoms with E-state index in [9.17, 15) is 14.4 Å². The fourth-order valence-electron chi connectivity index (χ4n) is 10.5. The Balaban J connectivity index is 4.33. The summed E-state index contributed by atoms with van der Waals surface area (Å²) < 4.78 is 17.0. The Bertz CT molecular complexity index is 1570. The third-order valence-corrected chi connectivity index (χ3v) is 15.9. The van der Waals surface area contributed by atoms with Crippen molar-refractivity contribution in [3.8, 4) is 0 Å². The van der Waals surface area contributed by atoms with Gasteiger partial charge in [0.15, 0.2) is 6.10 Å². The standard InChI is InChI=1S/C77H136O6/c1-4-7-10-13-16-19-22-25-28-31-33-35-36-37-38-39-40-41-43-44-46-49-52-55-58-61-64-67-70-76(79)82-73-74(72-81-75(78)69-66-63-60-57-54-51-48-30-27-24-21-18-15-12-9-6-3)83-77(80)71-68-65-62-59-56-53-50-47-45-42-34-32-29-26-23-20-17-14-11-8-5-2/h8,11,17,20,26,29-30,34,42,47-48,50,56,59,74H,4-7,9-10,12-16,18-19,21-25,27-28,31-33,35-41,43-46,49,51-55,57-58,60-73H2,1-3H3/b11-8-,20-17-,29-26-,42-34-,48-30-,50-47-,59-56-. The molecular formula is C77H136O6. The molecule has 0 bridgehead atoms. The van der Waals surface area contributed by atoms with E-state index in [0.29, 0.717) is 19.3 Å². The van der Waals surface area contributed by atoms with Gasteiger partial charge in [0.05, 0.1) is 0 Å². The summed E-state index contributed by atoms with van der Waals surface area (Å²) in [4.78, 5) is 38.5. The van der Waals surface area contributed by atoms with Crippen molar-refractivity contribution in [2.75, 3.05) is 13.2 Å². The van der Waals surface area contributed by atoms with Gasteiger partial charge in [0, 0.05) is 19.3 Å². The molecule has 0 heterocycles. The molecule has 0 amide bonds. The highest BCUT2D eigenvalue weighted by molar-refractivity contribution is 5.71. The van der Waals surface area contributed by atoms with Crippen LogP contribution in [0.4, 0.5) is 0 Å². The monoisotopic (exact) mass is 1160 g/mol. The molecule has 1 unspecified atom stereocenters. The van der Waals surface area contributed by atoms with Gasteiger partial charge in [-0.25, -0.2) is 0 Å². The van der Waals surface area contributed by atoms with Gasteiger partial charge < -0.3 is 14.2 Å². The predicted molar refractivity (Wildman–Crippen MR) is 362 cm³/mol. The second kappa shape index (κ2) is 71.1. The van der Waals surface area contributed by atoms with Crippen molar-refractivity contribution in [1.29, 1.82) is 0 Å². The average Bonchev–Trinajstić information content (AvgIpc) is 3.50. The maximum Gasteiger partial charge on any atom is 0.306 e. The van der Waals surface area contributed by atoms with E-state index in [0.717, 1.165) is 96.3 Å². The van der Waals surface area contributed by atoms with Gasteiger partial charge in [-0.1, -0.05) is 337 Å². The minimum absolute atomic E-state index is 0.0938. The van der Waals surface area contributed by atoms with E-state index >= 15 is 0 Å². The van der Waals surface area contributed by atoms with Crippen LogP contribution in [-0.2, 0) is 28.6 Å². The van der Waals surface area contributed by atoms with Gasteiger partial charge in [0.25, 0.3) is 0 Å². The fourth-order valence-corrected chi connectivity index (χ4v) is 10.5. The van der Waals surface area contributed by atoms with Gasteiger partial charge in [-0.05, 0) is 96.3 Å². The van der Waals surface area contributed by atoms with Crippen molar-refractivity contribution in [1.82, 2.24) is 0 Å². The first-order chi connectivity index (χ1) is 41.0. The maximum atomic E-state index is 12.9. The summed E-state index contributed by atoms with van der Waals surface area (Å²) in [6.45, 7) is 6.54. The molecular weight excluding hydrogens is 1020 g/mol. The van der Waals surface area contributed by atoms with Crippen molar-refractivity contribution in [3.63, 3.8) is 0 Å². The first kappa shape index (κ1) is 79.6. The lowest BCUT2D eigenvalue weighted by atomic mass is 10.0. The minimum Gasteiger partial charge on any atom is -0.462 e. The van der Waals surface area contributed by atoms with Gasteiger partial charge in [-0.15, -0.1) is 0 Å². The van der Waals surface area contributed by atoms with Crippen LogP contribution in [0, 0.1) is 0 Å². The summed E-state index contributed by atoms with van der Waals surface area (Å²) in [5, 5.41) is 0. The second-order valence-electron chi connectivity index (χ2n) is 24.1. The summed E-state index contributed by atoms with van der Waals surface area (Å²) in [6, 6.07) is 0. The van der Waals surface area contributed by atoms with E-state index < -0.39 is 6.10 Å². The molecule has 0 radical (unpaired) electrons. The van der Waals surface area contributed by atoms with Crippen molar-refractivity contribution >= 4 is 17.9 Å². The lowest BCUT2D eigenvalue weighted by Crippen LogP contribution is -2.30. The van der Waals surface area contributed by atoms with E-state index in [1.54, 1.807) is 0 Å². The molecule has 0 saturated heterocycles. The topological polar surface area (TPSA) is 78.9 Å². The molecule has 0 saturated carbocycles. The zero-order valence-corrected chi connectivity index (χ0v) is 55.2. The highest BCUT2D eigenvalue weighted by atomic mass is 16.6. The summed E-state index contributed by atoms with van der Waals surface area (Å²) in [5.74, 6) is -0.927. The van der Waals surface area contributed by atoms with Gasteiger partial charge in [-0.3, -0.25) is 14.4 Å². The third-order valence-electron chi connectivity index (χ3n) is 15.9. The summed E-state index contributed by atoms with van der Waals surface area (Å²) in [7, 11) is 0. The molecule has 0 aromatic rings. The largest absolute Gasteiger partial charge is 0.462 e. The van der Waals surface area contributed by atoms with Gasteiger partial charge in [0.1, 0.15) is 13.2 Å². The second-order valence-corrected chi connectivity index (χ2v) is 24.1. The Morgan fingerprint density at radius 3 is 0.771 bits per heavy atom. The van der Waals surface area contributed by atoms with Crippen LogP contribution in [0.5, 0.6) is 0 Å².